The first-order valence-electron chi connectivity index (χ1n) is 4.32. The van der Waals surface area contributed by atoms with Crippen LogP contribution in [0.15, 0.2) is 30.6 Å². The zero-order valence-corrected chi connectivity index (χ0v) is 8.94. The monoisotopic (exact) mass is 226 g/mol. The van der Waals surface area contributed by atoms with Crippen LogP contribution in [0.1, 0.15) is 5.69 Å². The lowest BCUT2D eigenvalue weighted by Crippen LogP contribution is -2.02. The summed E-state index contributed by atoms with van der Waals surface area (Å²) in [5.74, 6) is 0. The molecule has 15 heavy (non-hydrogen) atoms. The molecule has 0 fully saturated rings. The first kappa shape index (κ1) is 10.1. The summed E-state index contributed by atoms with van der Waals surface area (Å²) in [4.78, 5) is 4.19. The van der Waals surface area contributed by atoms with E-state index in [4.69, 9.17) is 0 Å². The normalized spacial score (nSPS) is 12.1. The summed E-state index contributed by atoms with van der Waals surface area (Å²) in [5.41, 5.74) is 1.36. The van der Waals surface area contributed by atoms with Gasteiger partial charge in [0.05, 0.1) is 11.9 Å². The maximum Gasteiger partial charge on any atom is 0.264 e. The van der Waals surface area contributed by atoms with Crippen LogP contribution in [0.3, 0.4) is 0 Å². The zero-order chi connectivity index (χ0) is 10.9. The van der Waals surface area contributed by atoms with Gasteiger partial charge in [-0.05, 0) is 12.1 Å². The molecule has 0 saturated carbocycles. The molecule has 0 amide bonds. The quantitative estimate of drug-likeness (QED) is 0.727. The van der Waals surface area contributed by atoms with Crippen LogP contribution in [0, 0.1) is 0 Å². The molecule has 0 N–H and O–H groups in total. The fourth-order valence-electron chi connectivity index (χ4n) is 1.22. The van der Waals surface area contributed by atoms with Gasteiger partial charge in [0, 0.05) is 12.4 Å². The van der Waals surface area contributed by atoms with E-state index in [0.29, 0.717) is 5.69 Å². The molecular weight excluding hydrogens is 216 g/mol. The predicted octanol–water partition coefficient (Wildman–Crippen LogP) is 0.811. The summed E-state index contributed by atoms with van der Waals surface area (Å²) in [6, 6.07) is 5.57. The molecule has 0 aliphatic heterocycles. The molecule has 0 unspecified atom stereocenters. The van der Waals surface area contributed by atoms with E-state index in [0.717, 1.165) is 11.9 Å². The van der Waals surface area contributed by atoms with Gasteiger partial charge >= 0.3 is 0 Å². The minimum absolute atomic E-state index is 0.0273. The number of aromatic nitrogens is 2. The molecule has 0 spiro atoms. The molecule has 0 bridgehead atoms. The highest BCUT2D eigenvalue weighted by molar-refractivity contribution is 7.85. The average Bonchev–Trinajstić information content (AvgIpc) is 2.56. The van der Waals surface area contributed by atoms with Crippen LogP contribution < -0.4 is 0 Å². The van der Waals surface area contributed by atoms with Gasteiger partial charge in [-0.3, -0.25) is 4.18 Å². The van der Waals surface area contributed by atoms with Crippen molar-refractivity contribution in [3.05, 3.63) is 36.3 Å². The summed E-state index contributed by atoms with van der Waals surface area (Å²) in [6.07, 6.45) is 4.59. The molecule has 0 radical (unpaired) electrons. The molecule has 80 valence electrons. The van der Waals surface area contributed by atoms with Gasteiger partial charge in [-0.2, -0.15) is 8.42 Å². The molecule has 2 aromatic rings. The Balaban J connectivity index is 2.23. The lowest BCUT2D eigenvalue weighted by molar-refractivity contribution is 0.308. The Morgan fingerprint density at radius 1 is 1.47 bits per heavy atom. The Morgan fingerprint density at radius 3 is 2.93 bits per heavy atom. The van der Waals surface area contributed by atoms with Gasteiger partial charge in [0.1, 0.15) is 12.3 Å². The average molecular weight is 226 g/mol. The first-order chi connectivity index (χ1) is 7.04. The molecule has 0 atom stereocenters. The number of pyridine rings is 1. The molecule has 2 aromatic heterocycles. The van der Waals surface area contributed by atoms with Crippen molar-refractivity contribution in [3.63, 3.8) is 0 Å². The summed E-state index contributed by atoms with van der Waals surface area (Å²) in [6.45, 7) is -0.0273. The van der Waals surface area contributed by atoms with Crippen molar-refractivity contribution >= 4 is 15.8 Å². The second-order valence-corrected chi connectivity index (χ2v) is 4.81. The Bertz CT molecular complexity index is 541. The van der Waals surface area contributed by atoms with Gasteiger partial charge in [0.2, 0.25) is 0 Å². The Hall–Kier alpha value is -1.40. The highest BCUT2D eigenvalue weighted by Gasteiger charge is 2.05. The van der Waals surface area contributed by atoms with E-state index in [9.17, 15) is 8.42 Å². The third-order valence-electron chi connectivity index (χ3n) is 1.83. The predicted molar refractivity (Wildman–Crippen MR) is 54.8 cm³/mol. The van der Waals surface area contributed by atoms with E-state index in [1.807, 2.05) is 24.4 Å². The molecule has 0 aliphatic rings. The van der Waals surface area contributed by atoms with Crippen molar-refractivity contribution in [3.8, 4) is 0 Å². The van der Waals surface area contributed by atoms with Crippen molar-refractivity contribution in [2.24, 2.45) is 0 Å². The van der Waals surface area contributed by atoms with Crippen LogP contribution in [0.4, 0.5) is 0 Å². The highest BCUT2D eigenvalue weighted by Crippen LogP contribution is 2.06. The third kappa shape index (κ3) is 2.54. The van der Waals surface area contributed by atoms with Crippen LogP contribution in [0.25, 0.3) is 5.65 Å². The second kappa shape index (κ2) is 3.63. The van der Waals surface area contributed by atoms with Crippen LogP contribution in [0.5, 0.6) is 0 Å². The Labute approximate surface area is 87.4 Å². The van der Waals surface area contributed by atoms with E-state index >= 15 is 0 Å². The molecule has 0 aromatic carbocycles. The van der Waals surface area contributed by atoms with Gasteiger partial charge in [-0.15, -0.1) is 0 Å². The van der Waals surface area contributed by atoms with E-state index in [2.05, 4.69) is 9.17 Å². The number of fused-ring (bicyclic) bond motifs is 1. The smallest absolute Gasteiger partial charge is 0.264 e. The molecule has 5 nitrogen and oxygen atoms in total. The summed E-state index contributed by atoms with van der Waals surface area (Å²) in [7, 11) is -3.41. The molecule has 6 heteroatoms. The van der Waals surface area contributed by atoms with E-state index in [-0.39, 0.29) is 6.61 Å². The van der Waals surface area contributed by atoms with Crippen molar-refractivity contribution in [2.45, 2.75) is 6.61 Å². The second-order valence-electron chi connectivity index (χ2n) is 3.16. The number of hydrogen-bond acceptors (Lipinski definition) is 4. The number of hydrogen-bond donors (Lipinski definition) is 0. The Kier molecular flexibility index (Phi) is 2.45. The lowest BCUT2D eigenvalue weighted by atomic mass is 10.5. The van der Waals surface area contributed by atoms with Crippen molar-refractivity contribution in [1.82, 2.24) is 9.38 Å². The molecule has 2 rings (SSSR count). The highest BCUT2D eigenvalue weighted by atomic mass is 32.2. The molecular formula is C9H10N2O3S. The van der Waals surface area contributed by atoms with Crippen LogP contribution in [-0.4, -0.2) is 24.1 Å². The topological polar surface area (TPSA) is 60.7 Å². The largest absolute Gasteiger partial charge is 0.307 e. The van der Waals surface area contributed by atoms with Crippen LogP contribution in [-0.2, 0) is 20.9 Å². The van der Waals surface area contributed by atoms with Gasteiger partial charge in [0.25, 0.3) is 10.1 Å². The molecule has 2 heterocycles. The zero-order valence-electron chi connectivity index (χ0n) is 8.12. The van der Waals surface area contributed by atoms with Gasteiger partial charge in [-0.25, -0.2) is 4.98 Å². The van der Waals surface area contributed by atoms with Crippen LogP contribution in [0.2, 0.25) is 0 Å². The fourth-order valence-corrected chi connectivity index (χ4v) is 1.56. The lowest BCUT2D eigenvalue weighted by Gasteiger charge is -1.95. The first-order valence-corrected chi connectivity index (χ1v) is 6.13. The SMILES string of the molecule is CS(=O)(=O)OCc1cn2ccccc2n1. The fraction of sp³-hybridized carbons (Fsp3) is 0.222. The standard InChI is InChI=1S/C9H10N2O3S/c1-15(12,13)14-7-8-6-11-5-3-2-4-9(11)10-8/h2-6H,7H2,1H3. The third-order valence-corrected chi connectivity index (χ3v) is 2.38. The number of nitrogens with zero attached hydrogens (tertiary/aromatic N) is 2. The summed E-state index contributed by atoms with van der Waals surface area (Å²) in [5, 5.41) is 0. The van der Waals surface area contributed by atoms with Crippen molar-refractivity contribution < 1.29 is 12.6 Å². The van der Waals surface area contributed by atoms with Gasteiger partial charge < -0.3 is 4.40 Å². The minimum Gasteiger partial charge on any atom is -0.307 e. The van der Waals surface area contributed by atoms with Crippen molar-refractivity contribution in [1.29, 1.82) is 0 Å². The minimum atomic E-state index is -3.41. The van der Waals surface area contributed by atoms with E-state index < -0.39 is 10.1 Å². The molecule has 0 saturated heterocycles. The van der Waals surface area contributed by atoms with Crippen molar-refractivity contribution in [2.75, 3.05) is 6.26 Å². The van der Waals surface area contributed by atoms with E-state index in [1.165, 1.54) is 0 Å². The van der Waals surface area contributed by atoms with Crippen LogP contribution >= 0.6 is 0 Å². The maximum atomic E-state index is 10.8. The number of rotatable bonds is 3. The molecule has 0 aliphatic carbocycles. The summed E-state index contributed by atoms with van der Waals surface area (Å²) >= 11 is 0. The number of imidazole rings is 1. The van der Waals surface area contributed by atoms with Gasteiger partial charge in [-0.1, -0.05) is 6.07 Å². The van der Waals surface area contributed by atoms with Gasteiger partial charge in [0.15, 0.2) is 0 Å². The Morgan fingerprint density at radius 2 is 2.27 bits per heavy atom. The maximum absolute atomic E-state index is 10.8. The van der Waals surface area contributed by atoms with E-state index in [1.54, 1.807) is 10.6 Å². The summed E-state index contributed by atoms with van der Waals surface area (Å²) < 4.78 is 28.0.